The first-order chi connectivity index (χ1) is 8.67. The predicted octanol–water partition coefficient (Wildman–Crippen LogP) is 1.13. The first-order valence-corrected chi connectivity index (χ1v) is 6.30. The van der Waals surface area contributed by atoms with Crippen LogP contribution in [0.3, 0.4) is 0 Å². The third-order valence-corrected chi connectivity index (χ3v) is 3.43. The number of hydrogen-bond acceptors (Lipinski definition) is 3. The highest BCUT2D eigenvalue weighted by atomic mass is 16.4. The highest BCUT2D eigenvalue weighted by Crippen LogP contribution is 2.21. The SMILES string of the molecule is O=C(O)CN1CC[C@@H](Cc2cccc(CO)c2)C1. The number of hydrogen-bond donors (Lipinski definition) is 2. The fourth-order valence-electron chi connectivity index (χ4n) is 2.60. The summed E-state index contributed by atoms with van der Waals surface area (Å²) in [6.07, 6.45) is 2.01. The van der Waals surface area contributed by atoms with E-state index in [9.17, 15) is 4.79 Å². The monoisotopic (exact) mass is 249 g/mol. The quantitative estimate of drug-likeness (QED) is 0.821. The molecule has 1 heterocycles. The van der Waals surface area contributed by atoms with Gasteiger partial charge < -0.3 is 10.2 Å². The molecule has 1 saturated heterocycles. The van der Waals surface area contributed by atoms with Gasteiger partial charge in [0.2, 0.25) is 0 Å². The fourth-order valence-corrected chi connectivity index (χ4v) is 2.60. The summed E-state index contributed by atoms with van der Waals surface area (Å²) in [5, 5.41) is 17.8. The van der Waals surface area contributed by atoms with E-state index in [4.69, 9.17) is 10.2 Å². The van der Waals surface area contributed by atoms with E-state index in [0.717, 1.165) is 31.5 Å². The lowest BCUT2D eigenvalue weighted by atomic mass is 9.97. The Balaban J connectivity index is 1.88. The van der Waals surface area contributed by atoms with Crippen molar-refractivity contribution in [1.29, 1.82) is 0 Å². The molecule has 0 radical (unpaired) electrons. The highest BCUT2D eigenvalue weighted by Gasteiger charge is 2.23. The number of carbonyl (C=O) groups is 1. The second kappa shape index (κ2) is 5.98. The molecule has 1 aromatic carbocycles. The maximum absolute atomic E-state index is 10.6. The van der Waals surface area contributed by atoms with Crippen LogP contribution in [-0.4, -0.2) is 40.7 Å². The van der Waals surface area contributed by atoms with Crippen LogP contribution in [0.1, 0.15) is 17.5 Å². The molecule has 0 bridgehead atoms. The van der Waals surface area contributed by atoms with E-state index in [-0.39, 0.29) is 13.2 Å². The van der Waals surface area contributed by atoms with Gasteiger partial charge >= 0.3 is 5.97 Å². The van der Waals surface area contributed by atoms with Crippen LogP contribution in [0.15, 0.2) is 24.3 Å². The van der Waals surface area contributed by atoms with Gasteiger partial charge in [-0.15, -0.1) is 0 Å². The Bertz CT molecular complexity index is 419. The van der Waals surface area contributed by atoms with E-state index < -0.39 is 5.97 Å². The Kier molecular flexibility index (Phi) is 4.33. The van der Waals surface area contributed by atoms with Crippen molar-refractivity contribution < 1.29 is 15.0 Å². The van der Waals surface area contributed by atoms with Gasteiger partial charge in [-0.3, -0.25) is 9.69 Å². The van der Waals surface area contributed by atoms with Crippen molar-refractivity contribution in [3.63, 3.8) is 0 Å². The van der Waals surface area contributed by atoms with Gasteiger partial charge in [-0.2, -0.15) is 0 Å². The fraction of sp³-hybridized carbons (Fsp3) is 0.500. The molecule has 0 unspecified atom stereocenters. The van der Waals surface area contributed by atoms with Crippen LogP contribution in [0.25, 0.3) is 0 Å². The summed E-state index contributed by atoms with van der Waals surface area (Å²) in [6.45, 7) is 1.95. The minimum absolute atomic E-state index is 0.0731. The molecular weight excluding hydrogens is 230 g/mol. The highest BCUT2D eigenvalue weighted by molar-refractivity contribution is 5.69. The van der Waals surface area contributed by atoms with E-state index >= 15 is 0 Å². The molecule has 0 amide bonds. The number of nitrogens with zero attached hydrogens (tertiary/aromatic N) is 1. The summed E-state index contributed by atoms with van der Waals surface area (Å²) in [4.78, 5) is 12.6. The number of aliphatic hydroxyl groups excluding tert-OH is 1. The van der Waals surface area contributed by atoms with E-state index in [0.29, 0.717) is 5.92 Å². The summed E-state index contributed by atoms with van der Waals surface area (Å²) in [5.41, 5.74) is 2.16. The molecular formula is C14H19NO3. The molecule has 1 fully saturated rings. The van der Waals surface area contributed by atoms with Crippen LogP contribution in [0.5, 0.6) is 0 Å². The molecule has 0 aliphatic carbocycles. The van der Waals surface area contributed by atoms with Crippen molar-refractivity contribution in [3.05, 3.63) is 35.4 Å². The minimum atomic E-state index is -0.752. The minimum Gasteiger partial charge on any atom is -0.480 e. The van der Waals surface area contributed by atoms with Crippen LogP contribution < -0.4 is 0 Å². The van der Waals surface area contributed by atoms with E-state index in [1.54, 1.807) is 0 Å². The Labute approximate surface area is 107 Å². The second-order valence-electron chi connectivity index (χ2n) is 4.97. The number of rotatable bonds is 5. The van der Waals surface area contributed by atoms with Gasteiger partial charge in [0.15, 0.2) is 0 Å². The lowest BCUT2D eigenvalue weighted by Crippen LogP contribution is -2.27. The van der Waals surface area contributed by atoms with Crippen LogP contribution >= 0.6 is 0 Å². The van der Waals surface area contributed by atoms with E-state index in [1.165, 1.54) is 5.56 Å². The smallest absolute Gasteiger partial charge is 0.317 e. The number of likely N-dealkylation sites (tertiary alicyclic amines) is 1. The van der Waals surface area contributed by atoms with E-state index in [1.807, 2.05) is 23.1 Å². The van der Waals surface area contributed by atoms with Crippen molar-refractivity contribution in [2.24, 2.45) is 5.92 Å². The predicted molar refractivity (Wildman–Crippen MR) is 68.3 cm³/mol. The van der Waals surface area contributed by atoms with Crippen molar-refractivity contribution in [2.75, 3.05) is 19.6 Å². The molecule has 4 heteroatoms. The molecule has 18 heavy (non-hydrogen) atoms. The standard InChI is InChI=1S/C14H19NO3/c16-10-13-3-1-2-11(7-13)6-12-4-5-15(8-12)9-14(17)18/h1-3,7,12,16H,4-6,8-10H2,(H,17,18)/t12-/m0/s1. The average molecular weight is 249 g/mol. The Morgan fingerprint density at radius 2 is 2.17 bits per heavy atom. The summed E-state index contributed by atoms with van der Waals surface area (Å²) >= 11 is 0. The van der Waals surface area contributed by atoms with Crippen LogP contribution in [0, 0.1) is 5.92 Å². The third kappa shape index (κ3) is 3.55. The summed E-state index contributed by atoms with van der Waals surface area (Å²) < 4.78 is 0. The van der Waals surface area contributed by atoms with Crippen LogP contribution in [0.2, 0.25) is 0 Å². The number of benzene rings is 1. The van der Waals surface area contributed by atoms with Crippen molar-refractivity contribution in [2.45, 2.75) is 19.4 Å². The molecule has 1 aliphatic heterocycles. The van der Waals surface area contributed by atoms with Crippen molar-refractivity contribution in [3.8, 4) is 0 Å². The topological polar surface area (TPSA) is 60.8 Å². The molecule has 4 nitrogen and oxygen atoms in total. The average Bonchev–Trinajstić information content (AvgIpc) is 2.76. The number of carboxylic acids is 1. The lowest BCUT2D eigenvalue weighted by molar-refractivity contribution is -0.138. The van der Waals surface area contributed by atoms with Crippen LogP contribution in [0.4, 0.5) is 0 Å². The van der Waals surface area contributed by atoms with Crippen molar-refractivity contribution in [1.82, 2.24) is 4.90 Å². The Morgan fingerprint density at radius 3 is 2.89 bits per heavy atom. The zero-order chi connectivity index (χ0) is 13.0. The molecule has 1 aromatic rings. The first kappa shape index (κ1) is 13.1. The van der Waals surface area contributed by atoms with Gasteiger partial charge in [0, 0.05) is 6.54 Å². The molecule has 0 saturated carbocycles. The lowest BCUT2D eigenvalue weighted by Gasteiger charge is -2.13. The molecule has 1 aliphatic rings. The van der Waals surface area contributed by atoms with Gasteiger partial charge in [0.05, 0.1) is 13.2 Å². The summed E-state index contributed by atoms with van der Waals surface area (Å²) in [6, 6.07) is 7.97. The summed E-state index contributed by atoms with van der Waals surface area (Å²) in [7, 11) is 0. The maximum Gasteiger partial charge on any atom is 0.317 e. The zero-order valence-corrected chi connectivity index (χ0v) is 10.4. The maximum atomic E-state index is 10.6. The van der Waals surface area contributed by atoms with E-state index in [2.05, 4.69) is 6.07 Å². The molecule has 2 N–H and O–H groups in total. The molecule has 1 atom stereocenters. The Hall–Kier alpha value is -1.39. The van der Waals surface area contributed by atoms with Crippen molar-refractivity contribution >= 4 is 5.97 Å². The van der Waals surface area contributed by atoms with Gasteiger partial charge in [-0.05, 0) is 36.4 Å². The largest absolute Gasteiger partial charge is 0.480 e. The number of aliphatic carboxylic acids is 1. The van der Waals surface area contributed by atoms with Gasteiger partial charge in [-0.25, -0.2) is 0 Å². The zero-order valence-electron chi connectivity index (χ0n) is 10.4. The third-order valence-electron chi connectivity index (χ3n) is 3.43. The molecule has 0 aromatic heterocycles. The second-order valence-corrected chi connectivity index (χ2v) is 4.97. The van der Waals surface area contributed by atoms with Crippen LogP contribution in [-0.2, 0) is 17.8 Å². The normalized spacial score (nSPS) is 20.2. The Morgan fingerprint density at radius 1 is 1.39 bits per heavy atom. The summed E-state index contributed by atoms with van der Waals surface area (Å²) in [5.74, 6) is -0.226. The molecule has 0 spiro atoms. The van der Waals surface area contributed by atoms with Gasteiger partial charge in [-0.1, -0.05) is 24.3 Å². The van der Waals surface area contributed by atoms with Gasteiger partial charge in [0.1, 0.15) is 0 Å². The number of carboxylic acid groups (broad SMARTS) is 1. The van der Waals surface area contributed by atoms with Gasteiger partial charge in [0.25, 0.3) is 0 Å². The number of aliphatic hydroxyl groups is 1. The first-order valence-electron chi connectivity index (χ1n) is 6.30. The molecule has 98 valence electrons. The molecule has 2 rings (SSSR count).